The number of pyridine rings is 1. The van der Waals surface area contributed by atoms with Crippen LogP contribution in [0, 0.1) is 0 Å². The average molecular weight is 439 g/mol. The number of phenolic OH excluding ortho intramolecular Hbond substituents is 1. The first-order chi connectivity index (χ1) is 15.9. The molecule has 7 nitrogen and oxygen atoms in total. The summed E-state index contributed by atoms with van der Waals surface area (Å²) in [4.78, 5) is 18.4. The Morgan fingerprint density at radius 2 is 1.55 bits per heavy atom. The van der Waals surface area contributed by atoms with Gasteiger partial charge in [0.15, 0.2) is 17.5 Å². The molecule has 0 unspecified atom stereocenters. The third-order valence-corrected chi connectivity index (χ3v) is 5.72. The molecule has 0 fully saturated rings. The maximum absolute atomic E-state index is 13.7. The van der Waals surface area contributed by atoms with E-state index in [0.717, 1.165) is 15.5 Å². The van der Waals surface area contributed by atoms with E-state index >= 15 is 0 Å². The first-order valence-electron chi connectivity index (χ1n) is 10.4. The summed E-state index contributed by atoms with van der Waals surface area (Å²) in [5.41, 5.74) is 8.37. The van der Waals surface area contributed by atoms with Gasteiger partial charge in [0.25, 0.3) is 0 Å². The lowest BCUT2D eigenvalue weighted by Crippen LogP contribution is -2.33. The minimum atomic E-state index is -0.928. The van der Waals surface area contributed by atoms with Crippen LogP contribution >= 0.6 is 0 Å². The van der Waals surface area contributed by atoms with E-state index in [1.807, 2.05) is 54.6 Å². The van der Waals surface area contributed by atoms with Crippen molar-refractivity contribution in [2.24, 2.45) is 5.73 Å². The summed E-state index contributed by atoms with van der Waals surface area (Å²) in [6.45, 7) is 0. The summed E-state index contributed by atoms with van der Waals surface area (Å²) in [7, 11) is 0. The Labute approximate surface area is 189 Å². The summed E-state index contributed by atoms with van der Waals surface area (Å²) >= 11 is 0. The molecular formula is C26H21N3O4. The van der Waals surface area contributed by atoms with Crippen molar-refractivity contribution in [3.8, 4) is 23.2 Å². The molecule has 3 aromatic carbocycles. The van der Waals surface area contributed by atoms with Crippen molar-refractivity contribution in [1.29, 1.82) is 0 Å². The minimum absolute atomic E-state index is 0.0481. The van der Waals surface area contributed by atoms with Gasteiger partial charge in [-0.05, 0) is 24.1 Å². The summed E-state index contributed by atoms with van der Waals surface area (Å²) in [6.07, 6.45) is 0.279. The van der Waals surface area contributed by atoms with E-state index < -0.39 is 11.8 Å². The maximum Gasteiger partial charge on any atom is 0.198 e. The van der Waals surface area contributed by atoms with E-state index in [1.165, 1.54) is 18.2 Å². The van der Waals surface area contributed by atoms with Crippen LogP contribution in [0.1, 0.15) is 15.9 Å². The fourth-order valence-electron chi connectivity index (χ4n) is 4.16. The monoisotopic (exact) mass is 439 g/mol. The molecule has 0 aliphatic heterocycles. The molecule has 0 radical (unpaired) electrons. The van der Waals surface area contributed by atoms with E-state index in [-0.39, 0.29) is 35.2 Å². The molecule has 164 valence electrons. The van der Waals surface area contributed by atoms with Gasteiger partial charge in [-0.15, -0.1) is 0 Å². The smallest absolute Gasteiger partial charge is 0.198 e. The number of hydrogen-bond donors (Lipinski definition) is 4. The summed E-state index contributed by atoms with van der Waals surface area (Å²) in [5.74, 6) is -1.43. The van der Waals surface area contributed by atoms with Crippen LogP contribution in [0.4, 0.5) is 0 Å². The molecule has 5 rings (SSSR count). The van der Waals surface area contributed by atoms with E-state index in [4.69, 9.17) is 5.73 Å². The van der Waals surface area contributed by atoms with Crippen LogP contribution in [0.15, 0.2) is 78.9 Å². The van der Waals surface area contributed by atoms with Crippen LogP contribution in [0.2, 0.25) is 0 Å². The molecule has 0 aliphatic carbocycles. The quantitative estimate of drug-likeness (QED) is 0.242. The average Bonchev–Trinajstić information content (AvgIpc) is 3.14. The molecule has 0 saturated carbocycles. The van der Waals surface area contributed by atoms with Gasteiger partial charge in [0.05, 0.1) is 22.6 Å². The minimum Gasteiger partial charge on any atom is -0.506 e. The van der Waals surface area contributed by atoms with Crippen LogP contribution in [0.3, 0.4) is 0 Å². The molecule has 5 N–H and O–H groups in total. The third kappa shape index (κ3) is 3.54. The van der Waals surface area contributed by atoms with Gasteiger partial charge in [-0.1, -0.05) is 48.5 Å². The van der Waals surface area contributed by atoms with E-state index in [0.29, 0.717) is 16.4 Å². The highest BCUT2D eigenvalue weighted by molar-refractivity contribution is 6.15. The van der Waals surface area contributed by atoms with E-state index in [9.17, 15) is 20.1 Å². The highest BCUT2D eigenvalue weighted by atomic mass is 16.3. The van der Waals surface area contributed by atoms with Crippen LogP contribution < -0.4 is 5.73 Å². The first-order valence-corrected chi connectivity index (χ1v) is 10.4. The number of nitrogens with two attached hydrogens (primary N) is 1. The zero-order valence-electron chi connectivity index (χ0n) is 17.5. The SMILES string of the molecule is N[C@@H](Cc1ccccc1)C(=O)c1c(-n2c(O)ccc2O)c(O)cc2nc3ccccc3cc12. The second-order valence-corrected chi connectivity index (χ2v) is 7.91. The molecule has 0 aliphatic rings. The Kier molecular flexibility index (Phi) is 4.95. The number of para-hydroxylation sites is 1. The molecule has 5 aromatic rings. The van der Waals surface area contributed by atoms with Gasteiger partial charge < -0.3 is 21.1 Å². The largest absolute Gasteiger partial charge is 0.506 e. The number of phenols is 1. The fourth-order valence-corrected chi connectivity index (χ4v) is 4.16. The first kappa shape index (κ1) is 20.5. The zero-order valence-corrected chi connectivity index (χ0v) is 17.5. The molecule has 2 aromatic heterocycles. The predicted octanol–water partition coefficient (Wildman–Crippen LogP) is 4.05. The number of rotatable bonds is 5. The summed E-state index contributed by atoms with van der Waals surface area (Å²) in [5, 5.41) is 32.9. The number of ketones is 1. The lowest BCUT2D eigenvalue weighted by Gasteiger charge is -2.19. The molecule has 33 heavy (non-hydrogen) atoms. The topological polar surface area (TPSA) is 122 Å². The normalized spacial score (nSPS) is 12.3. The maximum atomic E-state index is 13.7. The molecule has 0 spiro atoms. The fraction of sp³-hybridized carbons (Fsp3) is 0.0769. The molecular weight excluding hydrogens is 418 g/mol. The lowest BCUT2D eigenvalue weighted by atomic mass is 9.93. The molecule has 2 heterocycles. The second kappa shape index (κ2) is 7.96. The lowest BCUT2D eigenvalue weighted by molar-refractivity contribution is 0.0962. The van der Waals surface area contributed by atoms with Crippen LogP contribution in [-0.2, 0) is 6.42 Å². The number of carbonyl (C=O) groups excluding carboxylic acids is 1. The number of fused-ring (bicyclic) bond motifs is 2. The molecule has 0 amide bonds. The van der Waals surface area contributed by atoms with Crippen molar-refractivity contribution in [2.45, 2.75) is 12.5 Å². The number of Topliss-reactive ketones (excluding diaryl/α,β-unsaturated/α-hetero) is 1. The van der Waals surface area contributed by atoms with Crippen molar-refractivity contribution < 1.29 is 20.1 Å². The number of benzene rings is 3. The Morgan fingerprint density at radius 3 is 2.27 bits per heavy atom. The van der Waals surface area contributed by atoms with Crippen molar-refractivity contribution in [2.75, 3.05) is 0 Å². The van der Waals surface area contributed by atoms with Crippen molar-refractivity contribution in [3.05, 3.63) is 90.0 Å². The van der Waals surface area contributed by atoms with Crippen molar-refractivity contribution >= 4 is 27.6 Å². The molecule has 0 bridgehead atoms. The van der Waals surface area contributed by atoms with E-state index in [2.05, 4.69) is 4.98 Å². The van der Waals surface area contributed by atoms with Gasteiger partial charge in [0.2, 0.25) is 0 Å². The standard InChI is InChI=1S/C26H21N3O4/c27-18(12-15-6-2-1-3-7-15)26(33)24-17-13-16-8-4-5-9-19(16)28-20(17)14-21(30)25(24)29-22(31)10-11-23(29)32/h1-11,13-14,18,30-32H,12,27H2/t18-/m0/s1. The third-order valence-electron chi connectivity index (χ3n) is 5.72. The summed E-state index contributed by atoms with van der Waals surface area (Å²) < 4.78 is 1.02. The Balaban J connectivity index is 1.78. The van der Waals surface area contributed by atoms with E-state index in [1.54, 1.807) is 6.07 Å². The number of aromatic nitrogens is 2. The van der Waals surface area contributed by atoms with Gasteiger partial charge >= 0.3 is 0 Å². The van der Waals surface area contributed by atoms with Crippen molar-refractivity contribution in [3.63, 3.8) is 0 Å². The van der Waals surface area contributed by atoms with Gasteiger partial charge in [0, 0.05) is 29.0 Å². The highest BCUT2D eigenvalue weighted by Gasteiger charge is 2.28. The van der Waals surface area contributed by atoms with Crippen molar-refractivity contribution in [1.82, 2.24) is 9.55 Å². The Morgan fingerprint density at radius 1 is 0.879 bits per heavy atom. The van der Waals surface area contributed by atoms with Gasteiger partial charge in [-0.2, -0.15) is 0 Å². The number of nitrogens with zero attached hydrogens (tertiary/aromatic N) is 2. The van der Waals surface area contributed by atoms with Gasteiger partial charge in [0.1, 0.15) is 11.4 Å². The van der Waals surface area contributed by atoms with Gasteiger partial charge in [-0.25, -0.2) is 9.55 Å². The number of carbonyl (C=O) groups is 1. The van der Waals surface area contributed by atoms with Crippen LogP contribution in [-0.4, -0.2) is 36.7 Å². The van der Waals surface area contributed by atoms with Gasteiger partial charge in [-0.3, -0.25) is 4.79 Å². The number of hydrogen-bond acceptors (Lipinski definition) is 6. The molecule has 1 atom stereocenters. The predicted molar refractivity (Wildman–Crippen MR) is 126 cm³/mol. The summed E-state index contributed by atoms with van der Waals surface area (Å²) in [6, 6.07) is 21.7. The zero-order chi connectivity index (χ0) is 23.1. The highest BCUT2D eigenvalue weighted by Crippen LogP contribution is 2.39. The van der Waals surface area contributed by atoms with Crippen LogP contribution in [0.5, 0.6) is 17.5 Å². The number of aromatic hydroxyl groups is 3. The Hall–Kier alpha value is -4.36. The Bertz CT molecular complexity index is 1490. The molecule has 7 heteroatoms. The van der Waals surface area contributed by atoms with Crippen LogP contribution in [0.25, 0.3) is 27.5 Å². The molecule has 0 saturated heterocycles. The second-order valence-electron chi connectivity index (χ2n) is 7.91.